The van der Waals surface area contributed by atoms with Gasteiger partial charge in [-0.05, 0) is 59.2 Å². The molecule has 0 aliphatic heterocycles. The zero-order valence-electron chi connectivity index (χ0n) is 17.1. The molecule has 1 aliphatic rings. The Balaban J connectivity index is 1.36. The van der Waals surface area contributed by atoms with E-state index in [1.54, 1.807) is 7.11 Å². The second-order valence-corrected chi connectivity index (χ2v) is 9.55. The predicted molar refractivity (Wildman–Crippen MR) is 122 cm³/mol. The van der Waals surface area contributed by atoms with Gasteiger partial charge in [-0.15, -0.1) is 16.4 Å². The topological polar surface area (TPSA) is 98.6 Å². The summed E-state index contributed by atoms with van der Waals surface area (Å²) in [6, 6.07) is 10.1. The van der Waals surface area contributed by atoms with E-state index in [1.807, 2.05) is 35.0 Å². The zero-order valence-corrected chi connectivity index (χ0v) is 18.7. The lowest BCUT2D eigenvalue weighted by molar-refractivity contribution is 0.307. The molecule has 0 unspecified atom stereocenters. The van der Waals surface area contributed by atoms with Gasteiger partial charge in [0.15, 0.2) is 0 Å². The minimum atomic E-state index is -0.114. The molecule has 1 aromatic carbocycles. The summed E-state index contributed by atoms with van der Waals surface area (Å²) < 4.78 is 7.79. The average molecular weight is 455 g/mol. The lowest BCUT2D eigenvalue weighted by Crippen LogP contribution is -2.15. The van der Waals surface area contributed by atoms with Crippen molar-refractivity contribution in [2.24, 2.45) is 0 Å². The molecular weight excluding hydrogens is 432 g/mol. The van der Waals surface area contributed by atoms with E-state index in [4.69, 9.17) is 4.74 Å². The first-order valence-corrected chi connectivity index (χ1v) is 12.1. The zero-order chi connectivity index (χ0) is 21.2. The quantitative estimate of drug-likeness (QED) is 0.430. The summed E-state index contributed by atoms with van der Waals surface area (Å²) in [6.07, 6.45) is 5.94. The summed E-state index contributed by atoms with van der Waals surface area (Å²) in [5, 5.41) is 13.0. The van der Waals surface area contributed by atoms with E-state index >= 15 is 0 Å². The van der Waals surface area contributed by atoms with Crippen LogP contribution in [0.2, 0.25) is 0 Å². The molecule has 8 nitrogen and oxygen atoms in total. The molecule has 0 bridgehead atoms. The van der Waals surface area contributed by atoms with Gasteiger partial charge in [-0.3, -0.25) is 4.79 Å². The maximum Gasteiger partial charge on any atom is 0.268 e. The Morgan fingerprint density at radius 3 is 2.81 bits per heavy atom. The number of H-pyrrole nitrogens is 1. The van der Waals surface area contributed by atoms with Crippen LogP contribution < -0.4 is 10.3 Å². The van der Waals surface area contributed by atoms with Crippen molar-refractivity contribution < 1.29 is 4.74 Å². The van der Waals surface area contributed by atoms with E-state index < -0.39 is 0 Å². The average Bonchev–Trinajstić information content (AvgIpc) is 3.46. The molecule has 3 heterocycles. The number of hydrogen-bond acceptors (Lipinski definition) is 8. The highest BCUT2D eigenvalue weighted by atomic mass is 32.2. The Kier molecular flexibility index (Phi) is 5.73. The van der Waals surface area contributed by atoms with Crippen molar-refractivity contribution in [1.82, 2.24) is 30.2 Å². The number of fused-ring (bicyclic) bond motifs is 1. The summed E-state index contributed by atoms with van der Waals surface area (Å²) in [5.74, 6) is 1.93. The maximum atomic E-state index is 12.7. The minimum absolute atomic E-state index is 0.114. The molecule has 4 aromatic rings. The van der Waals surface area contributed by atoms with E-state index in [9.17, 15) is 4.79 Å². The summed E-state index contributed by atoms with van der Waals surface area (Å²) >= 11 is 2.95. The lowest BCUT2D eigenvalue weighted by Gasteiger charge is -2.21. The molecule has 0 amide bonds. The van der Waals surface area contributed by atoms with Crippen molar-refractivity contribution in [3.8, 4) is 16.2 Å². The Morgan fingerprint density at radius 2 is 2.03 bits per heavy atom. The maximum absolute atomic E-state index is 12.7. The molecule has 0 radical (unpaired) electrons. The highest BCUT2D eigenvalue weighted by molar-refractivity contribution is 7.98. The van der Waals surface area contributed by atoms with Gasteiger partial charge in [0.05, 0.1) is 24.4 Å². The number of nitrogens with one attached hydrogen (secondary N) is 1. The van der Waals surface area contributed by atoms with Gasteiger partial charge in [0.2, 0.25) is 5.16 Å². The van der Waals surface area contributed by atoms with Crippen LogP contribution in [0.3, 0.4) is 0 Å². The normalized spacial score (nSPS) is 14.9. The van der Waals surface area contributed by atoms with Crippen LogP contribution in [-0.4, -0.2) is 37.3 Å². The second-order valence-electron chi connectivity index (χ2n) is 7.55. The van der Waals surface area contributed by atoms with Gasteiger partial charge in [-0.25, -0.2) is 9.67 Å². The monoisotopic (exact) mass is 454 g/mol. The highest BCUT2D eigenvalue weighted by Crippen LogP contribution is 2.33. The molecule has 160 valence electrons. The van der Waals surface area contributed by atoms with Crippen molar-refractivity contribution in [3.63, 3.8) is 0 Å². The summed E-state index contributed by atoms with van der Waals surface area (Å²) in [7, 11) is 1.64. The van der Waals surface area contributed by atoms with Crippen LogP contribution in [0, 0.1) is 0 Å². The first-order valence-electron chi connectivity index (χ1n) is 10.3. The number of thiophene rings is 1. The standard InChI is InChI=1S/C21H22N6O2S2/c1-29-15-9-7-13(8-10-15)17-11-16-19(31-17)20(28)23-18(22-16)12-30-21-24-25-26-27(21)14-5-3-2-4-6-14/h7-11,14H,2-6,12H2,1H3,(H,22,23,28). The summed E-state index contributed by atoms with van der Waals surface area (Å²) in [6.45, 7) is 0. The number of tetrazole rings is 1. The van der Waals surface area contributed by atoms with Crippen molar-refractivity contribution in [2.75, 3.05) is 7.11 Å². The lowest BCUT2D eigenvalue weighted by atomic mass is 9.96. The Labute approximate surface area is 187 Å². The molecule has 0 saturated heterocycles. The van der Waals surface area contributed by atoms with Crippen LogP contribution in [0.25, 0.3) is 20.7 Å². The first kappa shape index (κ1) is 20.2. The Hall–Kier alpha value is -2.72. The fourth-order valence-corrected chi connectivity index (χ4v) is 5.73. The second kappa shape index (κ2) is 8.80. The third-order valence-corrected chi connectivity index (χ3v) is 7.64. The van der Waals surface area contributed by atoms with Gasteiger partial charge in [-0.1, -0.05) is 31.0 Å². The minimum Gasteiger partial charge on any atom is -0.497 e. The molecule has 5 rings (SSSR count). The molecule has 10 heteroatoms. The Bertz CT molecular complexity index is 1240. The molecule has 3 aromatic heterocycles. The molecule has 1 N–H and O–H groups in total. The number of rotatable bonds is 6. The van der Waals surface area contributed by atoms with E-state index in [2.05, 4.69) is 25.5 Å². The molecule has 1 aliphatic carbocycles. The largest absolute Gasteiger partial charge is 0.497 e. The molecule has 0 atom stereocenters. The van der Waals surface area contributed by atoms with Gasteiger partial charge in [0, 0.05) is 4.88 Å². The number of ether oxygens (including phenoxy) is 1. The molecule has 0 spiro atoms. The van der Waals surface area contributed by atoms with Gasteiger partial charge < -0.3 is 9.72 Å². The number of thioether (sulfide) groups is 1. The van der Waals surface area contributed by atoms with Gasteiger partial charge in [0.1, 0.15) is 16.3 Å². The molecule has 1 saturated carbocycles. The number of hydrogen-bond donors (Lipinski definition) is 1. The van der Waals surface area contributed by atoms with Crippen LogP contribution in [-0.2, 0) is 5.75 Å². The third kappa shape index (κ3) is 4.22. The smallest absolute Gasteiger partial charge is 0.268 e. The highest BCUT2D eigenvalue weighted by Gasteiger charge is 2.20. The van der Waals surface area contributed by atoms with Gasteiger partial charge in [-0.2, -0.15) is 0 Å². The van der Waals surface area contributed by atoms with Gasteiger partial charge >= 0.3 is 0 Å². The summed E-state index contributed by atoms with van der Waals surface area (Å²) in [4.78, 5) is 21.3. The van der Waals surface area contributed by atoms with Crippen molar-refractivity contribution in [1.29, 1.82) is 0 Å². The predicted octanol–water partition coefficient (Wildman–Crippen LogP) is 4.44. The van der Waals surface area contributed by atoms with Crippen molar-refractivity contribution in [2.45, 2.75) is 49.1 Å². The number of methoxy groups -OCH3 is 1. The van der Waals surface area contributed by atoms with Crippen LogP contribution in [0.4, 0.5) is 0 Å². The van der Waals surface area contributed by atoms with Crippen LogP contribution in [0.5, 0.6) is 5.75 Å². The third-order valence-electron chi connectivity index (χ3n) is 5.53. The number of aromatic amines is 1. The SMILES string of the molecule is COc1ccc(-c2cc3nc(CSc4nnnn4C4CCCCC4)[nH]c(=O)c3s2)cc1. The van der Waals surface area contributed by atoms with E-state index in [-0.39, 0.29) is 5.56 Å². The number of benzene rings is 1. The molecule has 1 fully saturated rings. The van der Waals surface area contributed by atoms with Gasteiger partial charge in [0.25, 0.3) is 5.56 Å². The Morgan fingerprint density at radius 1 is 1.23 bits per heavy atom. The molecular formula is C21H22N6O2S2. The summed E-state index contributed by atoms with van der Waals surface area (Å²) in [5.41, 5.74) is 1.63. The van der Waals surface area contributed by atoms with E-state index in [1.165, 1.54) is 42.4 Å². The van der Waals surface area contributed by atoms with Crippen LogP contribution >= 0.6 is 23.1 Å². The molecule has 31 heavy (non-hydrogen) atoms. The van der Waals surface area contributed by atoms with E-state index in [0.717, 1.165) is 34.2 Å². The number of aromatic nitrogens is 6. The fraction of sp³-hybridized carbons (Fsp3) is 0.381. The van der Waals surface area contributed by atoms with E-state index in [0.29, 0.717) is 27.8 Å². The van der Waals surface area contributed by atoms with Crippen molar-refractivity contribution >= 4 is 33.3 Å². The first-order chi connectivity index (χ1) is 15.2. The number of nitrogens with zero attached hydrogens (tertiary/aromatic N) is 5. The van der Waals surface area contributed by atoms with Crippen molar-refractivity contribution in [3.05, 3.63) is 46.5 Å². The van der Waals surface area contributed by atoms with Crippen LogP contribution in [0.1, 0.15) is 44.0 Å². The fourth-order valence-electron chi connectivity index (χ4n) is 3.92. The van der Waals surface area contributed by atoms with Crippen LogP contribution in [0.15, 0.2) is 40.3 Å².